The number of ether oxygens (including phenoxy) is 1. The van der Waals surface area contributed by atoms with Crippen LogP contribution in [0, 0.1) is 5.82 Å². The van der Waals surface area contributed by atoms with Gasteiger partial charge < -0.3 is 15.4 Å². The molecule has 0 saturated carbocycles. The van der Waals surface area contributed by atoms with Crippen LogP contribution in [0.25, 0.3) is 0 Å². The smallest absolute Gasteiger partial charge is 0.220 e. The second-order valence-corrected chi connectivity index (χ2v) is 8.26. The molecule has 2 atom stereocenters. The van der Waals surface area contributed by atoms with Crippen molar-refractivity contribution in [2.24, 2.45) is 0 Å². The first-order valence-corrected chi connectivity index (χ1v) is 10.2. The van der Waals surface area contributed by atoms with Crippen LogP contribution in [0.4, 0.5) is 4.39 Å². The van der Waals surface area contributed by atoms with E-state index < -0.39 is 11.4 Å². The van der Waals surface area contributed by atoms with Crippen LogP contribution in [-0.2, 0) is 16.0 Å². The number of benzene rings is 1. The van der Waals surface area contributed by atoms with Crippen molar-refractivity contribution >= 4 is 23.2 Å². The van der Waals surface area contributed by atoms with Gasteiger partial charge in [0, 0.05) is 23.3 Å². The number of hydrogen-bond donors (Lipinski definition) is 2. The zero-order valence-corrected chi connectivity index (χ0v) is 16.9. The number of thiophene rings is 1. The number of carbonyl (C=O) groups excluding carboxylic acids is 2. The lowest BCUT2D eigenvalue weighted by molar-refractivity contribution is -0.123. The van der Waals surface area contributed by atoms with Crippen molar-refractivity contribution in [3.8, 4) is 5.75 Å². The van der Waals surface area contributed by atoms with Crippen molar-refractivity contribution in [1.82, 2.24) is 10.6 Å². The summed E-state index contributed by atoms with van der Waals surface area (Å²) in [6, 6.07) is 8.64. The maximum Gasteiger partial charge on any atom is 0.220 e. The van der Waals surface area contributed by atoms with Crippen molar-refractivity contribution in [2.75, 3.05) is 7.11 Å². The summed E-state index contributed by atoms with van der Waals surface area (Å²) in [6.07, 6.45) is 2.46. The average Bonchev–Trinajstić information content (AvgIpc) is 3.32. The molecule has 0 spiro atoms. The summed E-state index contributed by atoms with van der Waals surface area (Å²) in [4.78, 5) is 25.5. The number of methoxy groups -OCH3 is 1. The van der Waals surface area contributed by atoms with E-state index in [1.54, 1.807) is 23.5 Å². The highest BCUT2D eigenvalue weighted by molar-refractivity contribution is 7.10. The molecule has 2 heterocycles. The Morgan fingerprint density at radius 2 is 2.25 bits per heavy atom. The second kappa shape index (κ2) is 8.73. The highest BCUT2D eigenvalue weighted by Gasteiger charge is 2.38. The molecular formula is C21H25FN2O3S. The number of hydrogen-bond acceptors (Lipinski definition) is 4. The molecule has 7 heteroatoms. The summed E-state index contributed by atoms with van der Waals surface area (Å²) < 4.78 is 18.7. The van der Waals surface area contributed by atoms with E-state index in [1.165, 1.54) is 13.2 Å². The Hall–Kier alpha value is -2.41. The molecule has 3 rings (SSSR count). The highest BCUT2D eigenvalue weighted by Crippen LogP contribution is 2.31. The molecule has 150 valence electrons. The molecule has 2 aromatic rings. The fourth-order valence-electron chi connectivity index (χ4n) is 3.66. The Kier molecular flexibility index (Phi) is 6.34. The molecular weight excluding hydrogens is 379 g/mol. The molecule has 1 saturated heterocycles. The van der Waals surface area contributed by atoms with E-state index in [-0.39, 0.29) is 23.6 Å². The third kappa shape index (κ3) is 4.90. The van der Waals surface area contributed by atoms with Gasteiger partial charge in [-0.15, -0.1) is 11.3 Å². The molecule has 28 heavy (non-hydrogen) atoms. The van der Waals surface area contributed by atoms with Gasteiger partial charge in [-0.3, -0.25) is 9.59 Å². The molecule has 1 aromatic heterocycles. The van der Waals surface area contributed by atoms with E-state index in [2.05, 4.69) is 10.6 Å². The van der Waals surface area contributed by atoms with E-state index in [1.807, 2.05) is 24.4 Å². The molecule has 0 radical (unpaired) electrons. The fraction of sp³-hybridized carbons (Fsp3) is 0.429. The number of halogens is 1. The van der Waals surface area contributed by atoms with Gasteiger partial charge in [0.05, 0.1) is 13.2 Å². The van der Waals surface area contributed by atoms with Crippen molar-refractivity contribution < 1.29 is 18.7 Å². The first kappa shape index (κ1) is 20.3. The monoisotopic (exact) mass is 404 g/mol. The largest absolute Gasteiger partial charge is 0.494 e. The molecule has 1 fully saturated rings. The fourth-order valence-corrected chi connectivity index (χ4v) is 4.40. The van der Waals surface area contributed by atoms with Gasteiger partial charge in [0.15, 0.2) is 11.6 Å². The lowest BCUT2D eigenvalue weighted by Crippen LogP contribution is -2.44. The lowest BCUT2D eigenvalue weighted by Gasteiger charge is -2.29. The summed E-state index contributed by atoms with van der Waals surface area (Å²) in [5, 5.41) is 8.05. The van der Waals surface area contributed by atoms with Crippen molar-refractivity contribution in [2.45, 2.75) is 50.6 Å². The Labute approximate surface area is 168 Å². The Bertz CT molecular complexity index is 840. The summed E-state index contributed by atoms with van der Waals surface area (Å²) in [7, 11) is 1.43. The number of nitrogens with one attached hydrogen (secondary N) is 2. The topological polar surface area (TPSA) is 67.4 Å². The SMILES string of the molecule is COc1cc(C[C@]2(CCC(=O)N[C@@H](C)c3cccs3)CCC(=O)N2)ccc1F. The molecule has 1 aromatic carbocycles. The zero-order valence-electron chi connectivity index (χ0n) is 16.1. The maximum absolute atomic E-state index is 13.7. The minimum Gasteiger partial charge on any atom is -0.494 e. The lowest BCUT2D eigenvalue weighted by atomic mass is 9.85. The minimum absolute atomic E-state index is 0.0126. The van der Waals surface area contributed by atoms with Crippen LogP contribution in [-0.4, -0.2) is 24.5 Å². The quantitative estimate of drug-likeness (QED) is 0.704. The van der Waals surface area contributed by atoms with Crippen molar-refractivity contribution in [3.63, 3.8) is 0 Å². The molecule has 2 N–H and O–H groups in total. The van der Waals surface area contributed by atoms with Crippen LogP contribution in [0.2, 0.25) is 0 Å². The standard InChI is InChI=1S/C21H25FN2O3S/c1-14(18-4-3-11-28-18)23-19(25)7-9-21(10-8-20(26)24-21)13-15-5-6-16(22)17(12-15)27-2/h3-6,11-12,14H,7-10,13H2,1-2H3,(H,23,25)(H,24,26)/t14-,21-/m0/s1. The van der Waals surface area contributed by atoms with E-state index >= 15 is 0 Å². The third-order valence-electron chi connectivity index (χ3n) is 5.17. The van der Waals surface area contributed by atoms with Crippen LogP contribution in [0.1, 0.15) is 49.1 Å². The zero-order chi connectivity index (χ0) is 20.1. The Morgan fingerprint density at radius 1 is 1.43 bits per heavy atom. The summed E-state index contributed by atoms with van der Waals surface area (Å²) in [6.45, 7) is 1.96. The molecule has 0 bridgehead atoms. The average molecular weight is 405 g/mol. The van der Waals surface area contributed by atoms with Gasteiger partial charge in [-0.05, 0) is 55.3 Å². The molecule has 2 amide bonds. The van der Waals surface area contributed by atoms with E-state index in [4.69, 9.17) is 4.74 Å². The van der Waals surface area contributed by atoms with E-state index in [0.29, 0.717) is 32.1 Å². The summed E-state index contributed by atoms with van der Waals surface area (Å²) in [5.74, 6) is -0.295. The Morgan fingerprint density at radius 3 is 2.89 bits per heavy atom. The maximum atomic E-state index is 13.7. The summed E-state index contributed by atoms with van der Waals surface area (Å²) in [5.41, 5.74) is 0.372. The number of amides is 2. The van der Waals surface area contributed by atoms with Crippen LogP contribution < -0.4 is 15.4 Å². The van der Waals surface area contributed by atoms with Gasteiger partial charge >= 0.3 is 0 Å². The predicted molar refractivity (Wildman–Crippen MR) is 107 cm³/mol. The van der Waals surface area contributed by atoms with Crippen molar-refractivity contribution in [3.05, 3.63) is 52.0 Å². The molecule has 5 nitrogen and oxygen atoms in total. The Balaban J connectivity index is 1.65. The second-order valence-electron chi connectivity index (χ2n) is 7.28. The minimum atomic E-state index is -0.497. The molecule has 1 aliphatic rings. The number of carbonyl (C=O) groups is 2. The van der Waals surface area contributed by atoms with Gasteiger partial charge in [-0.2, -0.15) is 0 Å². The molecule has 1 aliphatic heterocycles. The van der Waals surface area contributed by atoms with Crippen molar-refractivity contribution in [1.29, 1.82) is 0 Å². The van der Waals surface area contributed by atoms with Crippen LogP contribution >= 0.6 is 11.3 Å². The van der Waals surface area contributed by atoms with Gasteiger partial charge in [0.25, 0.3) is 0 Å². The highest BCUT2D eigenvalue weighted by atomic mass is 32.1. The molecule has 0 unspecified atom stereocenters. The van der Waals surface area contributed by atoms with E-state index in [0.717, 1.165) is 10.4 Å². The predicted octanol–water partition coefficient (Wildman–Crippen LogP) is 3.74. The molecule has 0 aliphatic carbocycles. The number of rotatable bonds is 8. The van der Waals surface area contributed by atoms with Gasteiger partial charge in [-0.1, -0.05) is 12.1 Å². The third-order valence-corrected chi connectivity index (χ3v) is 6.23. The van der Waals surface area contributed by atoms with Crippen LogP contribution in [0.15, 0.2) is 35.7 Å². The van der Waals surface area contributed by atoms with Gasteiger partial charge in [0.2, 0.25) is 11.8 Å². The van der Waals surface area contributed by atoms with Crippen LogP contribution in [0.5, 0.6) is 5.75 Å². The first-order chi connectivity index (χ1) is 13.4. The summed E-state index contributed by atoms with van der Waals surface area (Å²) >= 11 is 1.61. The van der Waals surface area contributed by atoms with Crippen LogP contribution in [0.3, 0.4) is 0 Å². The van der Waals surface area contributed by atoms with Gasteiger partial charge in [0.1, 0.15) is 0 Å². The van der Waals surface area contributed by atoms with Gasteiger partial charge in [-0.25, -0.2) is 4.39 Å². The normalized spacial score (nSPS) is 19.9. The first-order valence-electron chi connectivity index (χ1n) is 9.37. The van der Waals surface area contributed by atoms with E-state index in [9.17, 15) is 14.0 Å².